The number of pyridine rings is 1. The van der Waals surface area contributed by atoms with Crippen LogP contribution in [0.1, 0.15) is 17.7 Å². The number of ether oxygens (including phenoxy) is 1. The average molecular weight is 298 g/mol. The van der Waals surface area contributed by atoms with Crippen LogP contribution in [-0.4, -0.2) is 16.1 Å². The number of hydrogen-bond donors (Lipinski definition) is 0. The number of benzene rings is 1. The molecule has 0 atom stereocenters. The Morgan fingerprint density at radius 3 is 2.86 bits per heavy atom. The maximum Gasteiger partial charge on any atom is 0.306 e. The molecule has 1 aromatic heterocycles. The van der Waals surface area contributed by atoms with E-state index in [1.54, 1.807) is 18.3 Å². The van der Waals surface area contributed by atoms with E-state index in [-0.39, 0.29) is 12.4 Å². The monoisotopic (exact) mass is 298 g/mol. The van der Waals surface area contributed by atoms with E-state index in [0.29, 0.717) is 18.7 Å². The summed E-state index contributed by atoms with van der Waals surface area (Å²) in [6, 6.07) is 13.1. The van der Waals surface area contributed by atoms with Gasteiger partial charge in [0.1, 0.15) is 6.61 Å². The van der Waals surface area contributed by atoms with Crippen molar-refractivity contribution in [2.75, 3.05) is 0 Å². The second-order valence-electron chi connectivity index (χ2n) is 4.35. The summed E-state index contributed by atoms with van der Waals surface area (Å²) in [5, 5.41) is 2.30. The third-order valence-electron chi connectivity index (χ3n) is 2.80. The Balaban J connectivity index is 1.81. The summed E-state index contributed by atoms with van der Waals surface area (Å²) in [5.41, 5.74) is 2.44. The van der Waals surface area contributed by atoms with E-state index in [0.717, 1.165) is 11.3 Å². The Bertz CT molecular complexity index is 652. The zero-order valence-corrected chi connectivity index (χ0v) is 12.2. The van der Waals surface area contributed by atoms with Crippen LogP contribution < -0.4 is 0 Å². The van der Waals surface area contributed by atoms with Crippen LogP contribution in [0.4, 0.5) is 5.69 Å². The number of isothiocyanates is 1. The molecule has 2 rings (SSSR count). The maximum atomic E-state index is 11.7. The first-order chi connectivity index (χ1) is 10.3. The van der Waals surface area contributed by atoms with Crippen LogP contribution in [0.15, 0.2) is 53.7 Å². The van der Waals surface area contributed by atoms with Gasteiger partial charge in [0.25, 0.3) is 0 Å². The fourth-order valence-corrected chi connectivity index (χ4v) is 1.87. The molecule has 0 aliphatic rings. The zero-order valence-electron chi connectivity index (χ0n) is 11.4. The van der Waals surface area contributed by atoms with E-state index in [1.165, 1.54) is 0 Å². The van der Waals surface area contributed by atoms with Crippen molar-refractivity contribution in [1.29, 1.82) is 0 Å². The van der Waals surface area contributed by atoms with Crippen LogP contribution in [0.2, 0.25) is 0 Å². The normalized spacial score (nSPS) is 9.71. The predicted octanol–water partition coefficient (Wildman–Crippen LogP) is 3.49. The molecule has 0 spiro atoms. The molecule has 0 radical (unpaired) electrons. The molecular weight excluding hydrogens is 284 g/mol. The average Bonchev–Trinajstić information content (AvgIpc) is 2.53. The Morgan fingerprint density at radius 1 is 1.29 bits per heavy atom. The molecule has 1 heterocycles. The van der Waals surface area contributed by atoms with Gasteiger partial charge in [0.05, 0.1) is 17.3 Å². The predicted molar refractivity (Wildman–Crippen MR) is 83.5 cm³/mol. The summed E-state index contributed by atoms with van der Waals surface area (Å²) in [5.74, 6) is -0.246. The molecule has 0 bridgehead atoms. The molecule has 0 unspecified atom stereocenters. The number of esters is 1. The van der Waals surface area contributed by atoms with Crippen molar-refractivity contribution in [3.8, 4) is 0 Å². The molecule has 5 heteroatoms. The van der Waals surface area contributed by atoms with Gasteiger partial charge in [-0.25, -0.2) is 0 Å². The second kappa shape index (κ2) is 8.04. The summed E-state index contributed by atoms with van der Waals surface area (Å²) in [6.45, 7) is 0.294. The Kier molecular flexibility index (Phi) is 5.76. The molecule has 0 aliphatic carbocycles. The fourth-order valence-electron chi connectivity index (χ4n) is 1.76. The minimum Gasteiger partial charge on any atom is -0.461 e. The van der Waals surface area contributed by atoms with Crippen molar-refractivity contribution in [1.82, 2.24) is 4.98 Å². The molecule has 0 saturated carbocycles. The minimum absolute atomic E-state index is 0.246. The summed E-state index contributed by atoms with van der Waals surface area (Å²) in [6.07, 6.45) is 2.43. The summed E-state index contributed by atoms with van der Waals surface area (Å²) < 4.78 is 5.21. The number of aromatic nitrogens is 1. The maximum absolute atomic E-state index is 11.7. The highest BCUT2D eigenvalue weighted by molar-refractivity contribution is 7.78. The number of carbonyl (C=O) groups is 1. The summed E-state index contributed by atoms with van der Waals surface area (Å²) in [7, 11) is 0. The minimum atomic E-state index is -0.246. The van der Waals surface area contributed by atoms with Crippen molar-refractivity contribution >= 4 is 29.0 Å². The first-order valence-electron chi connectivity index (χ1n) is 6.50. The molecule has 21 heavy (non-hydrogen) atoms. The molecule has 0 aliphatic heterocycles. The molecular formula is C16H14N2O2S. The number of carbonyl (C=O) groups excluding carboxylic acids is 1. The standard InChI is InChI=1S/C16H14N2O2S/c19-16(20-11-13-4-2-1-3-5-13)7-6-14-10-15(18-12-21)8-9-17-14/h1-5,8-10H,6-7,11H2. The summed E-state index contributed by atoms with van der Waals surface area (Å²) in [4.78, 5) is 19.8. The van der Waals surface area contributed by atoms with Crippen molar-refractivity contribution < 1.29 is 9.53 Å². The number of aliphatic imine (C=N–C) groups is 1. The topological polar surface area (TPSA) is 51.5 Å². The second-order valence-corrected chi connectivity index (χ2v) is 4.54. The van der Waals surface area contributed by atoms with Gasteiger partial charge in [0.15, 0.2) is 0 Å². The van der Waals surface area contributed by atoms with Gasteiger partial charge in [-0.1, -0.05) is 30.3 Å². The molecule has 0 N–H and O–H groups in total. The smallest absolute Gasteiger partial charge is 0.306 e. The Labute approximate surface area is 128 Å². The highest BCUT2D eigenvalue weighted by Crippen LogP contribution is 2.12. The first kappa shape index (κ1) is 15.0. The largest absolute Gasteiger partial charge is 0.461 e. The molecule has 1 aromatic carbocycles. The molecule has 106 valence electrons. The van der Waals surface area contributed by atoms with Crippen LogP contribution >= 0.6 is 12.2 Å². The van der Waals surface area contributed by atoms with E-state index in [4.69, 9.17) is 4.74 Å². The number of aryl methyl sites for hydroxylation is 1. The van der Waals surface area contributed by atoms with Crippen LogP contribution in [0.25, 0.3) is 0 Å². The van der Waals surface area contributed by atoms with Crippen molar-refractivity contribution in [2.45, 2.75) is 19.4 Å². The van der Waals surface area contributed by atoms with Gasteiger partial charge >= 0.3 is 5.97 Å². The number of hydrogen-bond acceptors (Lipinski definition) is 5. The van der Waals surface area contributed by atoms with E-state index >= 15 is 0 Å². The van der Waals surface area contributed by atoms with Crippen LogP contribution in [0.5, 0.6) is 0 Å². The quantitative estimate of drug-likeness (QED) is 0.465. The van der Waals surface area contributed by atoms with Gasteiger partial charge in [0, 0.05) is 18.3 Å². The molecule has 4 nitrogen and oxygen atoms in total. The SMILES string of the molecule is O=C(CCc1cc(N=C=S)ccn1)OCc1ccccc1. The fraction of sp³-hybridized carbons (Fsp3) is 0.188. The molecule has 0 saturated heterocycles. The summed E-state index contributed by atoms with van der Waals surface area (Å²) >= 11 is 4.55. The highest BCUT2D eigenvalue weighted by Gasteiger charge is 2.05. The van der Waals surface area contributed by atoms with E-state index in [2.05, 4.69) is 27.4 Å². The lowest BCUT2D eigenvalue weighted by atomic mass is 10.2. The Morgan fingerprint density at radius 2 is 2.10 bits per heavy atom. The molecule has 0 amide bonds. The van der Waals surface area contributed by atoms with Gasteiger partial charge in [-0.05, 0) is 29.9 Å². The van der Waals surface area contributed by atoms with Gasteiger partial charge in [-0.15, -0.1) is 0 Å². The number of thiocarbonyl (C=S) groups is 1. The van der Waals surface area contributed by atoms with Gasteiger partial charge in [0.2, 0.25) is 0 Å². The van der Waals surface area contributed by atoms with Crippen molar-refractivity contribution in [3.05, 3.63) is 59.9 Å². The highest BCUT2D eigenvalue weighted by atomic mass is 32.1. The van der Waals surface area contributed by atoms with Crippen molar-refractivity contribution in [2.24, 2.45) is 4.99 Å². The lowest BCUT2D eigenvalue weighted by molar-refractivity contribution is -0.144. The van der Waals surface area contributed by atoms with Crippen LogP contribution in [0.3, 0.4) is 0 Å². The van der Waals surface area contributed by atoms with E-state index < -0.39 is 0 Å². The first-order valence-corrected chi connectivity index (χ1v) is 6.91. The van der Waals surface area contributed by atoms with Gasteiger partial charge < -0.3 is 4.74 Å². The van der Waals surface area contributed by atoms with E-state index in [9.17, 15) is 4.79 Å². The van der Waals surface area contributed by atoms with Crippen LogP contribution in [0, 0.1) is 0 Å². The van der Waals surface area contributed by atoms with Crippen molar-refractivity contribution in [3.63, 3.8) is 0 Å². The molecule has 2 aromatic rings. The van der Waals surface area contributed by atoms with Gasteiger partial charge in [-0.3, -0.25) is 9.78 Å². The lowest BCUT2D eigenvalue weighted by Crippen LogP contribution is -2.06. The third-order valence-corrected chi connectivity index (χ3v) is 2.89. The lowest BCUT2D eigenvalue weighted by Gasteiger charge is -2.05. The number of nitrogens with zero attached hydrogens (tertiary/aromatic N) is 2. The van der Waals surface area contributed by atoms with E-state index in [1.807, 2.05) is 30.3 Å². The van der Waals surface area contributed by atoms with Gasteiger partial charge in [-0.2, -0.15) is 4.99 Å². The molecule has 0 fully saturated rings. The number of rotatable bonds is 6. The Hall–Kier alpha value is -2.36. The van der Waals surface area contributed by atoms with Crippen LogP contribution in [-0.2, 0) is 22.6 Å². The zero-order chi connectivity index (χ0) is 14.9. The third kappa shape index (κ3) is 5.26.